The van der Waals surface area contributed by atoms with E-state index < -0.39 is 29.4 Å². The zero-order valence-electron chi connectivity index (χ0n) is 18.7. The van der Waals surface area contributed by atoms with Crippen LogP contribution in [-0.2, 0) is 20.6 Å². The van der Waals surface area contributed by atoms with Crippen LogP contribution in [0.5, 0.6) is 0 Å². The molecule has 0 N–H and O–H groups in total. The number of halogens is 2. The normalized spacial score (nSPS) is 29.1. The minimum atomic E-state index is -1.55. The van der Waals surface area contributed by atoms with E-state index in [1.807, 2.05) is 58.0 Å². The average molecular weight is 463 g/mol. The highest BCUT2D eigenvalue weighted by Crippen LogP contribution is 2.50. The van der Waals surface area contributed by atoms with Crippen LogP contribution in [0.2, 0.25) is 0 Å². The van der Waals surface area contributed by atoms with Gasteiger partial charge in [-0.2, -0.15) is 0 Å². The molecule has 0 aliphatic carbocycles. The number of aliphatic imine (C=N–C) groups is 1. The Bertz CT molecular complexity index is 931. The molecule has 166 valence electrons. The van der Waals surface area contributed by atoms with Crippen molar-refractivity contribution in [3.8, 4) is 0 Å². The lowest BCUT2D eigenvalue weighted by molar-refractivity contribution is -0.135. The number of unbranched alkanes of at least 4 members (excludes halogenated alkanes) is 1. The smallest absolute Gasteiger partial charge is 0.399 e. The van der Waals surface area contributed by atoms with Crippen molar-refractivity contribution in [3.05, 3.63) is 46.9 Å². The van der Waals surface area contributed by atoms with Gasteiger partial charge >= 0.3 is 7.12 Å². The summed E-state index contributed by atoms with van der Waals surface area (Å²) in [7, 11) is -0.643. The molecule has 4 aliphatic rings. The van der Waals surface area contributed by atoms with E-state index in [0.717, 1.165) is 29.5 Å². The van der Waals surface area contributed by atoms with Gasteiger partial charge in [0.2, 0.25) is 5.00 Å². The summed E-state index contributed by atoms with van der Waals surface area (Å²) in [4.78, 5) is 18.2. The van der Waals surface area contributed by atoms with E-state index in [1.165, 1.54) is 0 Å². The van der Waals surface area contributed by atoms with Gasteiger partial charge in [0, 0.05) is 6.54 Å². The van der Waals surface area contributed by atoms with Gasteiger partial charge in [-0.15, -0.1) is 0 Å². The molecule has 1 aromatic carbocycles. The van der Waals surface area contributed by atoms with Gasteiger partial charge in [0.05, 0.1) is 11.2 Å². The van der Waals surface area contributed by atoms with Crippen LogP contribution in [0, 0.1) is 0 Å². The number of alkyl halides is 1. The molecule has 1 fully saturated rings. The first-order chi connectivity index (χ1) is 14.5. The SMILES string of the molecule is CCCCC1=C(B2OC(C)(C)C(C)(C)O2)C2C(Cl)=NC1(Cl)C(=O)N2Cc1ccccc1. The molecule has 0 radical (unpaired) electrons. The molecule has 1 saturated heterocycles. The third-order valence-corrected chi connectivity index (χ3v) is 7.63. The first kappa shape index (κ1) is 22.8. The second kappa shape index (κ2) is 7.91. The predicted molar refractivity (Wildman–Crippen MR) is 125 cm³/mol. The summed E-state index contributed by atoms with van der Waals surface area (Å²) in [5.74, 6) is -0.237. The number of dihydropyridines is 1. The molecule has 1 aromatic rings. The van der Waals surface area contributed by atoms with Crippen LogP contribution in [0.1, 0.15) is 59.4 Å². The second-order valence-corrected chi connectivity index (χ2v) is 10.4. The molecule has 4 aliphatic heterocycles. The molecule has 0 aromatic heterocycles. The number of hydrogen-bond donors (Lipinski definition) is 0. The number of rotatable bonds is 6. The number of amides is 1. The molecule has 5 rings (SSSR count). The number of nitrogens with zero attached hydrogens (tertiary/aromatic N) is 2. The molecule has 5 nitrogen and oxygen atoms in total. The molecule has 2 atom stereocenters. The fourth-order valence-corrected chi connectivity index (χ4v) is 5.20. The van der Waals surface area contributed by atoms with Gasteiger partial charge in [-0.25, -0.2) is 4.99 Å². The Morgan fingerprint density at radius 2 is 1.74 bits per heavy atom. The number of carbonyl (C=O) groups excluding carboxylic acids is 1. The van der Waals surface area contributed by atoms with Gasteiger partial charge in [-0.3, -0.25) is 4.79 Å². The molecule has 2 unspecified atom stereocenters. The summed E-state index contributed by atoms with van der Waals surface area (Å²) in [6.45, 7) is 10.5. The Morgan fingerprint density at radius 1 is 1.13 bits per heavy atom. The standard InChI is InChI=1S/C23H29BCl2N2O3/c1-6-7-13-16-17(24-30-21(2,3)22(4,5)31-24)18-19(25)27-23(16,26)20(29)28(18)14-15-11-9-8-10-12-15/h8-12,18H,6-7,13-14H2,1-5H3. The van der Waals surface area contributed by atoms with Crippen LogP contribution in [0.15, 0.2) is 46.4 Å². The fourth-order valence-electron chi connectivity index (χ4n) is 4.39. The molecule has 2 bridgehead atoms. The van der Waals surface area contributed by atoms with E-state index in [0.29, 0.717) is 18.1 Å². The largest absolute Gasteiger partial charge is 0.493 e. The van der Waals surface area contributed by atoms with Crippen molar-refractivity contribution in [1.82, 2.24) is 4.90 Å². The van der Waals surface area contributed by atoms with Crippen LogP contribution in [0.3, 0.4) is 0 Å². The van der Waals surface area contributed by atoms with Crippen LogP contribution >= 0.6 is 23.2 Å². The number of hydrogen-bond acceptors (Lipinski definition) is 4. The summed E-state index contributed by atoms with van der Waals surface area (Å²) >= 11 is 13.7. The van der Waals surface area contributed by atoms with Crippen molar-refractivity contribution in [2.45, 2.75) is 82.7 Å². The van der Waals surface area contributed by atoms with Gasteiger partial charge in [0.1, 0.15) is 11.2 Å². The molecule has 1 amide bonds. The Kier molecular flexibility index (Phi) is 5.83. The lowest BCUT2D eigenvalue weighted by atomic mass is 9.65. The maximum absolute atomic E-state index is 13.6. The third-order valence-electron chi connectivity index (χ3n) is 6.87. The van der Waals surface area contributed by atoms with Gasteiger partial charge in [0.25, 0.3) is 5.91 Å². The Morgan fingerprint density at radius 3 is 2.32 bits per heavy atom. The first-order valence-electron chi connectivity index (χ1n) is 10.9. The first-order valence-corrected chi connectivity index (χ1v) is 11.7. The number of benzene rings is 1. The minimum absolute atomic E-state index is 0.237. The molecule has 0 spiro atoms. The molecular weight excluding hydrogens is 434 g/mol. The maximum Gasteiger partial charge on any atom is 0.493 e. The van der Waals surface area contributed by atoms with E-state index in [-0.39, 0.29) is 5.91 Å². The quantitative estimate of drug-likeness (QED) is 0.335. The van der Waals surface area contributed by atoms with Crippen molar-refractivity contribution in [2.24, 2.45) is 4.99 Å². The minimum Gasteiger partial charge on any atom is -0.399 e. The molecular formula is C23H29BCl2N2O3. The summed E-state index contributed by atoms with van der Waals surface area (Å²) in [5, 5.41) is 0.301. The van der Waals surface area contributed by atoms with Crippen LogP contribution in [0.25, 0.3) is 0 Å². The van der Waals surface area contributed by atoms with E-state index in [9.17, 15) is 4.79 Å². The van der Waals surface area contributed by atoms with Crippen molar-refractivity contribution >= 4 is 41.4 Å². The average Bonchev–Trinajstić information content (AvgIpc) is 2.91. The lowest BCUT2D eigenvalue weighted by Gasteiger charge is -2.48. The van der Waals surface area contributed by atoms with Crippen molar-refractivity contribution in [1.29, 1.82) is 0 Å². The summed E-state index contributed by atoms with van der Waals surface area (Å²) < 4.78 is 12.8. The third kappa shape index (κ3) is 3.66. The van der Waals surface area contributed by atoms with Gasteiger partial charge in [-0.1, -0.05) is 66.9 Å². The fraction of sp³-hybridized carbons (Fsp3) is 0.565. The zero-order valence-corrected chi connectivity index (χ0v) is 20.3. The monoisotopic (exact) mass is 462 g/mol. The molecule has 4 heterocycles. The van der Waals surface area contributed by atoms with E-state index in [1.54, 1.807) is 4.90 Å². The summed E-state index contributed by atoms with van der Waals surface area (Å²) in [6, 6.07) is 9.27. The van der Waals surface area contributed by atoms with Gasteiger partial charge in [-0.05, 0) is 57.1 Å². The van der Waals surface area contributed by atoms with Gasteiger partial charge < -0.3 is 14.2 Å². The van der Waals surface area contributed by atoms with Crippen LogP contribution in [-0.4, -0.2) is 45.3 Å². The maximum atomic E-state index is 13.6. The Labute approximate surface area is 194 Å². The van der Waals surface area contributed by atoms with Crippen LogP contribution < -0.4 is 0 Å². The van der Waals surface area contributed by atoms with E-state index >= 15 is 0 Å². The van der Waals surface area contributed by atoms with Crippen molar-refractivity contribution < 1.29 is 14.1 Å². The van der Waals surface area contributed by atoms with E-state index in [4.69, 9.17) is 32.5 Å². The molecule has 8 heteroatoms. The Hall–Kier alpha value is -1.34. The lowest BCUT2D eigenvalue weighted by Crippen LogP contribution is -2.63. The van der Waals surface area contributed by atoms with Crippen LogP contribution in [0.4, 0.5) is 0 Å². The summed E-state index contributed by atoms with van der Waals surface area (Å²) in [6.07, 6.45) is 2.50. The zero-order chi connectivity index (χ0) is 22.6. The molecule has 31 heavy (non-hydrogen) atoms. The second-order valence-electron chi connectivity index (χ2n) is 9.50. The topological polar surface area (TPSA) is 51.1 Å². The van der Waals surface area contributed by atoms with Crippen molar-refractivity contribution in [2.75, 3.05) is 0 Å². The highest BCUT2D eigenvalue weighted by atomic mass is 35.5. The highest BCUT2D eigenvalue weighted by Gasteiger charge is 2.62. The predicted octanol–water partition coefficient (Wildman–Crippen LogP) is 5.10. The van der Waals surface area contributed by atoms with Crippen molar-refractivity contribution in [3.63, 3.8) is 0 Å². The summed E-state index contributed by atoms with van der Waals surface area (Å²) in [5.41, 5.74) is 1.57. The highest BCUT2D eigenvalue weighted by molar-refractivity contribution is 6.71. The number of carbonyl (C=O) groups is 1. The van der Waals surface area contributed by atoms with E-state index in [2.05, 4.69) is 11.9 Å². The molecule has 0 saturated carbocycles. The Balaban J connectivity index is 1.82. The number of fused-ring (bicyclic) bond motifs is 1. The van der Waals surface area contributed by atoms with Gasteiger partial charge in [0.15, 0.2) is 0 Å².